The summed E-state index contributed by atoms with van der Waals surface area (Å²) in [5, 5.41) is 9.31. The molecule has 2 N–H and O–H groups in total. The second-order valence-corrected chi connectivity index (χ2v) is 5.38. The molecule has 18 heavy (non-hydrogen) atoms. The molecule has 0 fully saturated rings. The van der Waals surface area contributed by atoms with Crippen LogP contribution in [0.3, 0.4) is 0 Å². The molecule has 4 heteroatoms. The number of nitrogens with zero attached hydrogens (tertiary/aromatic N) is 2. The predicted molar refractivity (Wildman–Crippen MR) is 74.6 cm³/mol. The van der Waals surface area contributed by atoms with E-state index in [4.69, 9.17) is 5.73 Å². The van der Waals surface area contributed by atoms with Crippen LogP contribution in [0.15, 0.2) is 28.7 Å². The summed E-state index contributed by atoms with van der Waals surface area (Å²) in [6.07, 6.45) is 3.10. The van der Waals surface area contributed by atoms with Crippen molar-refractivity contribution in [3.63, 3.8) is 0 Å². The van der Waals surface area contributed by atoms with Crippen molar-refractivity contribution in [2.24, 2.45) is 0 Å². The molecule has 3 nitrogen and oxygen atoms in total. The molecule has 1 aromatic carbocycles. The minimum atomic E-state index is 0.571. The van der Waals surface area contributed by atoms with Gasteiger partial charge in [0.1, 0.15) is 11.8 Å². The molecule has 0 radical (unpaired) electrons. The lowest BCUT2D eigenvalue weighted by molar-refractivity contribution is 0.857. The molecular weight excluding hydrogens is 290 g/mol. The first-order valence-corrected chi connectivity index (χ1v) is 6.69. The molecule has 1 aromatic heterocycles. The van der Waals surface area contributed by atoms with Gasteiger partial charge >= 0.3 is 0 Å². The number of aromatic nitrogens is 1. The lowest BCUT2D eigenvalue weighted by atomic mass is 10.2. The number of halogens is 1. The van der Waals surface area contributed by atoms with Crippen molar-refractivity contribution in [3.05, 3.63) is 45.7 Å². The minimum absolute atomic E-state index is 0.571. The van der Waals surface area contributed by atoms with Gasteiger partial charge in [-0.15, -0.1) is 0 Å². The van der Waals surface area contributed by atoms with E-state index in [1.54, 1.807) is 0 Å². The Morgan fingerprint density at radius 1 is 1.22 bits per heavy atom. The summed E-state index contributed by atoms with van der Waals surface area (Å²) in [5.41, 5.74) is 10.7. The van der Waals surface area contributed by atoms with Gasteiger partial charge in [0.2, 0.25) is 0 Å². The minimum Gasteiger partial charge on any atom is -0.396 e. The molecule has 0 saturated heterocycles. The smallest absolute Gasteiger partial charge is 0.148 e. The van der Waals surface area contributed by atoms with Gasteiger partial charge in [-0.2, -0.15) is 5.26 Å². The molecule has 0 bridgehead atoms. The second kappa shape index (κ2) is 4.18. The highest BCUT2D eigenvalue weighted by Crippen LogP contribution is 2.35. The van der Waals surface area contributed by atoms with E-state index in [9.17, 15) is 5.26 Å². The number of nitriles is 1. The fourth-order valence-corrected chi connectivity index (χ4v) is 2.91. The van der Waals surface area contributed by atoms with Crippen LogP contribution >= 0.6 is 15.9 Å². The summed E-state index contributed by atoms with van der Waals surface area (Å²) >= 11 is 3.42. The first-order valence-electron chi connectivity index (χ1n) is 5.90. The number of hydrogen-bond donors (Lipinski definition) is 1. The summed E-state index contributed by atoms with van der Waals surface area (Å²) in [6.45, 7) is 0. The third-order valence-corrected chi connectivity index (χ3v) is 3.98. The van der Waals surface area contributed by atoms with Crippen LogP contribution < -0.4 is 5.73 Å². The van der Waals surface area contributed by atoms with Gasteiger partial charge in [-0.1, -0.05) is 15.9 Å². The van der Waals surface area contributed by atoms with E-state index < -0.39 is 0 Å². The quantitative estimate of drug-likeness (QED) is 0.879. The fraction of sp³-hybridized carbons (Fsp3) is 0.214. The van der Waals surface area contributed by atoms with E-state index >= 15 is 0 Å². The molecule has 0 atom stereocenters. The number of rotatable bonds is 1. The highest BCUT2D eigenvalue weighted by Gasteiger charge is 2.25. The molecule has 0 saturated carbocycles. The van der Waals surface area contributed by atoms with E-state index in [2.05, 4.69) is 22.0 Å². The van der Waals surface area contributed by atoms with Crippen LogP contribution in [-0.2, 0) is 12.8 Å². The van der Waals surface area contributed by atoms with E-state index in [1.165, 1.54) is 5.69 Å². The summed E-state index contributed by atoms with van der Waals surface area (Å²) in [5.74, 6) is 0. The average molecular weight is 302 g/mol. The van der Waals surface area contributed by atoms with Crippen molar-refractivity contribution >= 4 is 21.6 Å². The van der Waals surface area contributed by atoms with E-state index in [0.29, 0.717) is 11.4 Å². The third-order valence-electron chi connectivity index (χ3n) is 3.45. The summed E-state index contributed by atoms with van der Waals surface area (Å²) in [7, 11) is 0. The first-order chi connectivity index (χ1) is 8.72. The standard InChI is InChI=1S/C14H12BrN3/c15-9-4-6-10(7-5-9)18-12-3-1-2-11(12)14(17)13(18)8-16/h4-7H,1-3,17H2. The number of anilines is 1. The van der Waals surface area contributed by atoms with Crippen molar-refractivity contribution < 1.29 is 0 Å². The Morgan fingerprint density at radius 2 is 1.94 bits per heavy atom. The Bertz CT molecular complexity index is 647. The van der Waals surface area contributed by atoms with Crippen LogP contribution in [0.25, 0.3) is 5.69 Å². The average Bonchev–Trinajstić information content (AvgIpc) is 2.93. The van der Waals surface area contributed by atoms with E-state index in [0.717, 1.165) is 35.0 Å². The molecule has 2 aromatic rings. The van der Waals surface area contributed by atoms with Crippen molar-refractivity contribution in [2.45, 2.75) is 19.3 Å². The van der Waals surface area contributed by atoms with Crippen molar-refractivity contribution in [3.8, 4) is 11.8 Å². The topological polar surface area (TPSA) is 54.7 Å². The van der Waals surface area contributed by atoms with Crippen LogP contribution in [0.2, 0.25) is 0 Å². The van der Waals surface area contributed by atoms with E-state index in [-0.39, 0.29) is 0 Å². The number of nitrogen functional groups attached to an aromatic ring is 1. The van der Waals surface area contributed by atoms with Crippen molar-refractivity contribution in [1.29, 1.82) is 5.26 Å². The normalized spacial score (nSPS) is 13.3. The molecule has 1 aliphatic rings. The third kappa shape index (κ3) is 1.55. The Hall–Kier alpha value is -1.73. The summed E-state index contributed by atoms with van der Waals surface area (Å²) in [4.78, 5) is 0. The van der Waals surface area contributed by atoms with Crippen LogP contribution in [0.4, 0.5) is 5.69 Å². The maximum atomic E-state index is 9.31. The molecule has 0 amide bonds. The molecule has 0 unspecified atom stereocenters. The lowest BCUT2D eigenvalue weighted by Gasteiger charge is -2.09. The van der Waals surface area contributed by atoms with E-state index in [1.807, 2.05) is 28.8 Å². The fourth-order valence-electron chi connectivity index (χ4n) is 2.65. The van der Waals surface area contributed by atoms with Gasteiger partial charge in [0, 0.05) is 15.9 Å². The zero-order chi connectivity index (χ0) is 12.7. The zero-order valence-electron chi connectivity index (χ0n) is 9.78. The SMILES string of the molecule is N#Cc1c(N)c2c(n1-c1ccc(Br)cc1)CCC2. The van der Waals surface area contributed by atoms with Crippen LogP contribution in [0.1, 0.15) is 23.4 Å². The number of fused-ring (bicyclic) bond motifs is 1. The van der Waals surface area contributed by atoms with Gasteiger partial charge in [0.15, 0.2) is 0 Å². The van der Waals surface area contributed by atoms with Gasteiger partial charge in [-0.25, -0.2) is 0 Å². The molecule has 90 valence electrons. The van der Waals surface area contributed by atoms with Crippen LogP contribution in [0, 0.1) is 11.3 Å². The monoisotopic (exact) mass is 301 g/mol. The van der Waals surface area contributed by atoms with Crippen LogP contribution in [-0.4, -0.2) is 4.57 Å². The predicted octanol–water partition coefficient (Wildman–Crippen LogP) is 3.18. The van der Waals surface area contributed by atoms with Gasteiger partial charge in [-0.3, -0.25) is 0 Å². The maximum absolute atomic E-state index is 9.31. The van der Waals surface area contributed by atoms with Gasteiger partial charge < -0.3 is 10.3 Å². The number of hydrogen-bond acceptors (Lipinski definition) is 2. The summed E-state index contributed by atoms with van der Waals surface area (Å²) in [6, 6.07) is 10.2. The lowest BCUT2D eigenvalue weighted by Crippen LogP contribution is -2.02. The van der Waals surface area contributed by atoms with Crippen LogP contribution in [0.5, 0.6) is 0 Å². The molecular formula is C14H12BrN3. The summed E-state index contributed by atoms with van der Waals surface area (Å²) < 4.78 is 3.03. The Morgan fingerprint density at radius 3 is 2.61 bits per heavy atom. The van der Waals surface area contributed by atoms with Gasteiger partial charge in [0.25, 0.3) is 0 Å². The highest BCUT2D eigenvalue weighted by atomic mass is 79.9. The molecule has 1 heterocycles. The molecule has 3 rings (SSSR count). The number of benzene rings is 1. The largest absolute Gasteiger partial charge is 0.396 e. The molecule has 0 spiro atoms. The maximum Gasteiger partial charge on any atom is 0.148 e. The number of nitrogens with two attached hydrogens (primary N) is 1. The Labute approximate surface area is 114 Å². The molecule has 1 aliphatic carbocycles. The van der Waals surface area contributed by atoms with Gasteiger partial charge in [-0.05, 0) is 49.1 Å². The first kappa shape index (κ1) is 11.4. The Balaban J connectivity index is 2.26. The van der Waals surface area contributed by atoms with Crippen molar-refractivity contribution in [2.75, 3.05) is 5.73 Å². The Kier molecular flexibility index (Phi) is 2.64. The van der Waals surface area contributed by atoms with Gasteiger partial charge in [0.05, 0.1) is 5.69 Å². The zero-order valence-corrected chi connectivity index (χ0v) is 11.4. The highest BCUT2D eigenvalue weighted by molar-refractivity contribution is 9.10. The second-order valence-electron chi connectivity index (χ2n) is 4.46. The van der Waals surface area contributed by atoms with Crippen molar-refractivity contribution in [1.82, 2.24) is 4.57 Å². The molecule has 0 aliphatic heterocycles.